The summed E-state index contributed by atoms with van der Waals surface area (Å²) in [5.74, 6) is -1.32. The van der Waals surface area contributed by atoms with Crippen molar-refractivity contribution < 1.29 is 24.5 Å². The highest BCUT2D eigenvalue weighted by molar-refractivity contribution is 5.93. The normalized spacial score (nSPS) is 13.0. The lowest BCUT2D eigenvalue weighted by Gasteiger charge is -2.08. The molecule has 1 aliphatic heterocycles. The van der Waals surface area contributed by atoms with E-state index in [1.807, 2.05) is 4.98 Å². The van der Waals surface area contributed by atoms with Crippen LogP contribution in [-0.2, 0) is 4.79 Å². The Bertz CT molecular complexity index is 1190. The number of carboxylic acids is 1. The van der Waals surface area contributed by atoms with Crippen LogP contribution in [0.3, 0.4) is 0 Å². The van der Waals surface area contributed by atoms with Gasteiger partial charge in [0, 0.05) is 16.8 Å². The van der Waals surface area contributed by atoms with Gasteiger partial charge in [0.15, 0.2) is 0 Å². The Morgan fingerprint density at radius 3 is 2.46 bits per heavy atom. The summed E-state index contributed by atoms with van der Waals surface area (Å²) in [5.41, 5.74) is -1.77. The maximum Gasteiger partial charge on any atom is 0.354 e. The summed E-state index contributed by atoms with van der Waals surface area (Å²) in [4.78, 5) is 42.6. The third kappa shape index (κ3) is 2.73. The molecular weight excluding hydrogens is 346 g/mol. The zero-order chi connectivity index (χ0) is 19.0. The third-order valence-corrected chi connectivity index (χ3v) is 3.72. The molecule has 0 spiro atoms. The Morgan fingerprint density at radius 1 is 1.19 bits per heavy atom. The molecular formula is C16H13N3O7. The topological polar surface area (TPSA) is 154 Å². The number of hydrogen-bond donors (Lipinski definition) is 4. The molecule has 3 rings (SSSR count). The van der Waals surface area contributed by atoms with E-state index in [2.05, 4.69) is 9.98 Å². The van der Waals surface area contributed by atoms with Gasteiger partial charge in [-0.25, -0.2) is 14.6 Å². The second-order valence-electron chi connectivity index (χ2n) is 5.22. The molecule has 0 atom stereocenters. The van der Waals surface area contributed by atoms with E-state index in [1.54, 1.807) is 0 Å². The Morgan fingerprint density at radius 2 is 1.88 bits per heavy atom. The summed E-state index contributed by atoms with van der Waals surface area (Å²) in [6, 6.07) is 1.50. The lowest BCUT2D eigenvalue weighted by atomic mass is 10.1. The Balaban J connectivity index is 2.44. The van der Waals surface area contributed by atoms with E-state index in [0.717, 1.165) is 0 Å². The van der Waals surface area contributed by atoms with Gasteiger partial charge in [-0.05, 0) is 12.2 Å². The maximum absolute atomic E-state index is 12.0. The lowest BCUT2D eigenvalue weighted by molar-refractivity contribution is -0.132. The first-order valence-corrected chi connectivity index (χ1v) is 7.21. The van der Waals surface area contributed by atoms with Crippen molar-refractivity contribution in [3.63, 3.8) is 0 Å². The van der Waals surface area contributed by atoms with Gasteiger partial charge in [-0.2, -0.15) is 0 Å². The number of rotatable bonds is 4. The van der Waals surface area contributed by atoms with Crippen LogP contribution >= 0.6 is 0 Å². The molecule has 1 aliphatic rings. The van der Waals surface area contributed by atoms with E-state index in [1.165, 1.54) is 32.4 Å². The van der Waals surface area contributed by atoms with Crippen molar-refractivity contribution in [3.05, 3.63) is 54.3 Å². The standard InChI is InChI=1S/C16H13N3O7/c1-25-10-5-11(26-2)7-4-9(15(22)23)17-12(7)6(10)3-8-13(20)18-16(24)19-14(8)21/h3-5H,1-2H3,(H,22,23)(H3,18,19,20,21,24). The van der Waals surface area contributed by atoms with Crippen LogP contribution in [0.2, 0.25) is 0 Å². The van der Waals surface area contributed by atoms with Crippen LogP contribution in [0.1, 0.15) is 11.1 Å². The molecule has 0 fully saturated rings. The summed E-state index contributed by atoms with van der Waals surface area (Å²) in [7, 11) is 2.78. The molecule has 26 heavy (non-hydrogen) atoms. The van der Waals surface area contributed by atoms with Crippen LogP contribution in [0.15, 0.2) is 26.3 Å². The minimum Gasteiger partial charge on any atom is -0.496 e. The molecule has 0 saturated carbocycles. The number of nitrogens with zero attached hydrogens (tertiary/aromatic N) is 1. The number of nitrogens with one attached hydrogen (secondary N) is 2. The van der Waals surface area contributed by atoms with Gasteiger partial charge >= 0.3 is 11.7 Å². The zero-order valence-electron chi connectivity index (χ0n) is 13.6. The highest BCUT2D eigenvalue weighted by Gasteiger charge is 2.20. The van der Waals surface area contributed by atoms with E-state index < -0.39 is 23.1 Å². The van der Waals surface area contributed by atoms with Crippen LogP contribution in [0, 0.1) is 0 Å². The van der Waals surface area contributed by atoms with Gasteiger partial charge in [-0.3, -0.25) is 14.8 Å². The monoisotopic (exact) mass is 359 g/mol. The van der Waals surface area contributed by atoms with Crippen molar-refractivity contribution in [1.82, 2.24) is 9.97 Å². The van der Waals surface area contributed by atoms with Gasteiger partial charge in [0.05, 0.1) is 19.6 Å². The Labute approximate surface area is 144 Å². The molecule has 134 valence electrons. The van der Waals surface area contributed by atoms with E-state index in [0.29, 0.717) is 11.3 Å². The number of fused-ring (bicyclic) bond motifs is 1. The molecule has 2 aromatic rings. The lowest BCUT2D eigenvalue weighted by Crippen LogP contribution is -2.31. The van der Waals surface area contributed by atoms with Crippen LogP contribution in [0.5, 0.6) is 17.4 Å². The number of methoxy groups -OCH3 is 2. The fourth-order valence-corrected chi connectivity index (χ4v) is 2.55. The molecule has 4 N–H and O–H groups in total. The average molecular weight is 359 g/mol. The van der Waals surface area contributed by atoms with Crippen molar-refractivity contribution >= 4 is 18.1 Å². The molecule has 0 radical (unpaired) electrons. The van der Waals surface area contributed by atoms with Gasteiger partial charge in [0.2, 0.25) is 5.88 Å². The van der Waals surface area contributed by atoms with Crippen LogP contribution < -0.4 is 31.3 Å². The highest BCUT2D eigenvalue weighted by atomic mass is 16.5. The molecule has 0 bridgehead atoms. The predicted octanol–water partition coefficient (Wildman–Crippen LogP) is -1.33. The smallest absolute Gasteiger partial charge is 0.354 e. The quantitative estimate of drug-likeness (QED) is 0.527. The third-order valence-electron chi connectivity index (χ3n) is 3.72. The number of ether oxygens (including phenoxy) is 2. The number of carboxylic acid groups (broad SMARTS) is 1. The summed E-state index contributed by atoms with van der Waals surface area (Å²) in [5, 5.41) is 19.5. The number of aromatic nitrogens is 2. The van der Waals surface area contributed by atoms with Crippen LogP contribution in [0.25, 0.3) is 12.2 Å². The largest absolute Gasteiger partial charge is 0.496 e. The minimum absolute atomic E-state index is 0.198. The summed E-state index contributed by atoms with van der Waals surface area (Å²) < 4.78 is 10.5. The van der Waals surface area contributed by atoms with Crippen molar-refractivity contribution in [3.8, 4) is 17.4 Å². The number of aromatic amines is 2. The average Bonchev–Trinajstić information content (AvgIpc) is 3.03. The van der Waals surface area contributed by atoms with E-state index in [9.17, 15) is 24.6 Å². The maximum atomic E-state index is 12.0. The fourth-order valence-electron chi connectivity index (χ4n) is 2.55. The van der Waals surface area contributed by atoms with Crippen LogP contribution in [0.4, 0.5) is 0 Å². The van der Waals surface area contributed by atoms with E-state index in [-0.39, 0.29) is 27.6 Å². The molecule has 10 nitrogen and oxygen atoms in total. The highest BCUT2D eigenvalue weighted by Crippen LogP contribution is 2.24. The van der Waals surface area contributed by atoms with Gasteiger partial charge < -0.3 is 19.7 Å². The zero-order valence-corrected chi connectivity index (χ0v) is 13.6. The SMILES string of the molecule is COc1cc(OC)c(=Cc2c(O)[nH]c(=O)[nH]c2=O)c2c1C=C(C(=O)O)N=2. The van der Waals surface area contributed by atoms with Crippen molar-refractivity contribution in [2.45, 2.75) is 0 Å². The molecule has 10 heteroatoms. The van der Waals surface area contributed by atoms with Gasteiger partial charge in [-0.1, -0.05) is 0 Å². The fraction of sp³-hybridized carbons (Fsp3) is 0.125. The number of benzene rings is 1. The number of aromatic hydroxyl groups is 1. The number of hydrogen-bond acceptors (Lipinski definition) is 7. The first kappa shape index (κ1) is 17.0. The molecule has 1 aromatic heterocycles. The molecule has 1 aromatic carbocycles. The van der Waals surface area contributed by atoms with Crippen molar-refractivity contribution in [2.75, 3.05) is 14.2 Å². The first-order chi connectivity index (χ1) is 12.3. The second kappa shape index (κ2) is 6.24. The second-order valence-corrected chi connectivity index (χ2v) is 5.22. The molecule has 2 heterocycles. The van der Waals surface area contributed by atoms with Gasteiger partial charge in [0.25, 0.3) is 5.56 Å². The van der Waals surface area contributed by atoms with E-state index >= 15 is 0 Å². The molecule has 0 saturated heterocycles. The van der Waals surface area contributed by atoms with Gasteiger partial charge in [-0.15, -0.1) is 0 Å². The summed E-state index contributed by atoms with van der Waals surface area (Å²) in [6.07, 6.45) is 2.56. The molecule has 0 amide bonds. The Hall–Kier alpha value is -3.82. The van der Waals surface area contributed by atoms with E-state index in [4.69, 9.17) is 9.47 Å². The minimum atomic E-state index is -1.24. The summed E-state index contributed by atoms with van der Waals surface area (Å²) in [6.45, 7) is 0. The number of aliphatic carboxylic acids is 1. The van der Waals surface area contributed by atoms with Crippen LogP contribution in [-0.4, -0.2) is 40.4 Å². The van der Waals surface area contributed by atoms with Gasteiger partial charge in [0.1, 0.15) is 22.8 Å². The first-order valence-electron chi connectivity index (χ1n) is 7.21. The van der Waals surface area contributed by atoms with Crippen molar-refractivity contribution in [1.29, 1.82) is 0 Å². The molecule has 0 unspecified atom stereocenters. The number of H-pyrrole nitrogens is 2. The predicted molar refractivity (Wildman–Crippen MR) is 88.9 cm³/mol. The molecule has 0 aliphatic carbocycles. The summed E-state index contributed by atoms with van der Waals surface area (Å²) >= 11 is 0. The Kier molecular flexibility index (Phi) is 4.08. The van der Waals surface area contributed by atoms with Crippen molar-refractivity contribution in [2.24, 2.45) is 4.99 Å². The number of carbonyl (C=O) groups is 1.